The van der Waals surface area contributed by atoms with E-state index in [0.29, 0.717) is 29.8 Å². The number of halogens is 3. The molecule has 1 aliphatic carbocycles. The zero-order valence-electron chi connectivity index (χ0n) is 13.5. The van der Waals surface area contributed by atoms with Gasteiger partial charge in [-0.3, -0.25) is 4.98 Å². The van der Waals surface area contributed by atoms with Gasteiger partial charge < -0.3 is 10.6 Å². The molecule has 132 valence electrons. The molecule has 2 N–H and O–H groups in total. The minimum atomic E-state index is -1.04. The molecule has 1 fully saturated rings. The monoisotopic (exact) mass is 357 g/mol. The van der Waals surface area contributed by atoms with Crippen LogP contribution in [0.5, 0.6) is 0 Å². The third-order valence-corrected chi connectivity index (χ3v) is 3.87. The minimum Gasteiger partial charge on any atom is -0.351 e. The van der Waals surface area contributed by atoms with Crippen LogP contribution in [0.2, 0.25) is 0 Å². The number of hydrogen-bond acceptors (Lipinski definition) is 5. The molecule has 2 aromatic heterocycles. The fourth-order valence-electron chi connectivity index (χ4n) is 2.45. The van der Waals surface area contributed by atoms with Crippen LogP contribution in [-0.4, -0.2) is 21.0 Å². The second kappa shape index (κ2) is 6.62. The van der Waals surface area contributed by atoms with Crippen LogP contribution in [0.4, 0.5) is 30.6 Å². The van der Waals surface area contributed by atoms with Crippen LogP contribution >= 0.6 is 0 Å². The van der Waals surface area contributed by atoms with Crippen molar-refractivity contribution in [1.82, 2.24) is 15.0 Å². The van der Waals surface area contributed by atoms with Gasteiger partial charge in [0, 0.05) is 42.2 Å². The molecule has 3 aromatic rings. The maximum atomic E-state index is 13.9. The van der Waals surface area contributed by atoms with Crippen molar-refractivity contribution < 1.29 is 13.2 Å². The Morgan fingerprint density at radius 3 is 2.27 bits per heavy atom. The topological polar surface area (TPSA) is 62.7 Å². The van der Waals surface area contributed by atoms with E-state index >= 15 is 0 Å². The van der Waals surface area contributed by atoms with Crippen molar-refractivity contribution in [2.75, 3.05) is 10.6 Å². The van der Waals surface area contributed by atoms with Gasteiger partial charge in [-0.1, -0.05) is 0 Å². The first-order chi connectivity index (χ1) is 12.6. The highest BCUT2D eigenvalue weighted by Gasteiger charge is 2.23. The lowest BCUT2D eigenvalue weighted by Crippen LogP contribution is -2.08. The summed E-state index contributed by atoms with van der Waals surface area (Å²) in [4.78, 5) is 12.7. The molecule has 0 spiro atoms. The predicted octanol–water partition coefficient (Wildman–Crippen LogP) is 4.27. The molecule has 8 heteroatoms. The Bertz CT molecular complexity index is 922. The average molecular weight is 357 g/mol. The van der Waals surface area contributed by atoms with E-state index in [-0.39, 0.29) is 5.82 Å². The van der Waals surface area contributed by atoms with Crippen LogP contribution in [-0.2, 0) is 0 Å². The first kappa shape index (κ1) is 16.3. The summed E-state index contributed by atoms with van der Waals surface area (Å²) in [5.74, 6) is -2.51. The standard InChI is InChI=1S/C18H14F3N5/c19-11-7-13(20)17(14(21)8-11)25-16-9-15(10-3-5-22-6-4-10)24-18(26-16)23-12-1-2-12/h3-9,12H,1-2H2,(H2,23,24,25,26). The lowest BCUT2D eigenvalue weighted by molar-refractivity contribution is 0.548. The van der Waals surface area contributed by atoms with Crippen LogP contribution in [0.25, 0.3) is 11.3 Å². The predicted molar refractivity (Wildman–Crippen MR) is 91.5 cm³/mol. The molecule has 1 saturated carbocycles. The van der Waals surface area contributed by atoms with Crippen molar-refractivity contribution in [2.45, 2.75) is 18.9 Å². The van der Waals surface area contributed by atoms with Crippen molar-refractivity contribution >= 4 is 17.5 Å². The summed E-state index contributed by atoms with van der Waals surface area (Å²) in [5.41, 5.74) is 0.878. The van der Waals surface area contributed by atoms with Crippen LogP contribution in [0.1, 0.15) is 12.8 Å². The Hall–Kier alpha value is -3.16. The van der Waals surface area contributed by atoms with Crippen molar-refractivity contribution in [2.24, 2.45) is 0 Å². The van der Waals surface area contributed by atoms with Gasteiger partial charge in [-0.15, -0.1) is 0 Å². The Morgan fingerprint density at radius 1 is 0.923 bits per heavy atom. The molecule has 26 heavy (non-hydrogen) atoms. The summed E-state index contributed by atoms with van der Waals surface area (Å²) in [6.45, 7) is 0. The molecule has 0 radical (unpaired) electrons. The van der Waals surface area contributed by atoms with Crippen molar-refractivity contribution in [3.05, 3.63) is 60.2 Å². The summed E-state index contributed by atoms with van der Waals surface area (Å²) in [6, 6.07) is 6.63. The molecule has 5 nitrogen and oxygen atoms in total. The summed E-state index contributed by atoms with van der Waals surface area (Å²) >= 11 is 0. The van der Waals surface area contributed by atoms with Gasteiger partial charge in [0.05, 0.1) is 5.69 Å². The number of nitrogens with zero attached hydrogens (tertiary/aromatic N) is 3. The summed E-state index contributed by atoms with van der Waals surface area (Å²) in [6.07, 6.45) is 5.29. The molecule has 0 bridgehead atoms. The van der Waals surface area contributed by atoms with E-state index in [1.54, 1.807) is 30.6 Å². The number of rotatable bonds is 5. The highest BCUT2D eigenvalue weighted by atomic mass is 19.1. The van der Waals surface area contributed by atoms with E-state index < -0.39 is 23.1 Å². The number of nitrogens with one attached hydrogen (secondary N) is 2. The SMILES string of the molecule is Fc1cc(F)c(Nc2cc(-c3ccncc3)nc(NC3CC3)n2)c(F)c1. The van der Waals surface area contributed by atoms with Crippen LogP contribution in [0.15, 0.2) is 42.7 Å². The number of hydrogen-bond donors (Lipinski definition) is 2. The van der Waals surface area contributed by atoms with E-state index in [1.807, 2.05) is 0 Å². The zero-order chi connectivity index (χ0) is 18.1. The molecule has 0 unspecified atom stereocenters. The van der Waals surface area contributed by atoms with Gasteiger partial charge in [0.2, 0.25) is 5.95 Å². The molecule has 0 aliphatic heterocycles. The first-order valence-corrected chi connectivity index (χ1v) is 8.06. The average Bonchev–Trinajstić information content (AvgIpc) is 3.43. The number of anilines is 3. The zero-order valence-corrected chi connectivity index (χ0v) is 13.5. The maximum Gasteiger partial charge on any atom is 0.225 e. The van der Waals surface area contributed by atoms with E-state index in [2.05, 4.69) is 25.6 Å². The summed E-state index contributed by atoms with van der Waals surface area (Å²) in [5, 5.41) is 5.75. The second-order valence-electron chi connectivity index (χ2n) is 5.99. The lowest BCUT2D eigenvalue weighted by Gasteiger charge is -2.12. The Kier molecular flexibility index (Phi) is 4.16. The van der Waals surface area contributed by atoms with Crippen LogP contribution in [0, 0.1) is 17.5 Å². The lowest BCUT2D eigenvalue weighted by atomic mass is 10.2. The molecule has 0 saturated heterocycles. The normalized spacial score (nSPS) is 13.5. The van der Waals surface area contributed by atoms with Crippen molar-refractivity contribution in [1.29, 1.82) is 0 Å². The first-order valence-electron chi connectivity index (χ1n) is 8.06. The van der Waals surface area contributed by atoms with Gasteiger partial charge in [-0.2, -0.15) is 4.98 Å². The van der Waals surface area contributed by atoms with Crippen molar-refractivity contribution in [3.63, 3.8) is 0 Å². The number of pyridine rings is 1. The molecule has 2 heterocycles. The van der Waals surface area contributed by atoms with Gasteiger partial charge >= 0.3 is 0 Å². The third kappa shape index (κ3) is 3.58. The number of aromatic nitrogens is 3. The third-order valence-electron chi connectivity index (χ3n) is 3.87. The van der Waals surface area contributed by atoms with Crippen LogP contribution in [0.3, 0.4) is 0 Å². The van der Waals surface area contributed by atoms with E-state index in [1.165, 1.54) is 0 Å². The quantitative estimate of drug-likeness (QED) is 0.714. The molecule has 1 aromatic carbocycles. The second-order valence-corrected chi connectivity index (χ2v) is 5.99. The highest BCUT2D eigenvalue weighted by molar-refractivity contribution is 5.67. The van der Waals surface area contributed by atoms with Gasteiger partial charge in [0.25, 0.3) is 0 Å². The number of benzene rings is 1. The molecule has 4 rings (SSSR count). The molecular formula is C18H14F3N5. The Morgan fingerprint density at radius 2 is 1.62 bits per heavy atom. The Balaban J connectivity index is 1.73. The van der Waals surface area contributed by atoms with Gasteiger partial charge in [0.1, 0.15) is 17.3 Å². The molecule has 0 amide bonds. The fourth-order valence-corrected chi connectivity index (χ4v) is 2.45. The maximum absolute atomic E-state index is 13.9. The van der Waals surface area contributed by atoms with E-state index in [4.69, 9.17) is 0 Å². The fraction of sp³-hybridized carbons (Fsp3) is 0.167. The highest BCUT2D eigenvalue weighted by Crippen LogP contribution is 2.29. The van der Waals surface area contributed by atoms with E-state index in [9.17, 15) is 13.2 Å². The minimum absolute atomic E-state index is 0.194. The summed E-state index contributed by atoms with van der Waals surface area (Å²) < 4.78 is 41.0. The van der Waals surface area contributed by atoms with Crippen molar-refractivity contribution in [3.8, 4) is 11.3 Å². The smallest absolute Gasteiger partial charge is 0.225 e. The largest absolute Gasteiger partial charge is 0.351 e. The molecule has 1 aliphatic rings. The summed E-state index contributed by atoms with van der Waals surface area (Å²) in [7, 11) is 0. The van der Waals surface area contributed by atoms with Gasteiger partial charge in [-0.25, -0.2) is 18.2 Å². The molecule has 0 atom stereocenters. The Labute approximate surface area is 147 Å². The van der Waals surface area contributed by atoms with Gasteiger partial charge in [-0.05, 0) is 25.0 Å². The molecular weight excluding hydrogens is 343 g/mol. The van der Waals surface area contributed by atoms with E-state index in [0.717, 1.165) is 18.4 Å². The van der Waals surface area contributed by atoms with Gasteiger partial charge in [0.15, 0.2) is 11.6 Å². The van der Waals surface area contributed by atoms with Crippen LogP contribution < -0.4 is 10.6 Å².